The summed E-state index contributed by atoms with van der Waals surface area (Å²) in [5, 5.41) is 17.1. The van der Waals surface area contributed by atoms with E-state index in [4.69, 9.17) is 10.2 Å². The maximum atomic E-state index is 10.3. The zero-order valence-electron chi connectivity index (χ0n) is 6.40. The molecule has 0 aliphatic carbocycles. The number of rotatable bonds is 2. The largest absolute Gasteiger partial charge is 0.478 e. The van der Waals surface area contributed by atoms with Crippen LogP contribution in [0.4, 0.5) is 0 Å². The molecule has 0 heterocycles. The molecule has 1 radical (unpaired) electrons. The summed E-state index contributed by atoms with van der Waals surface area (Å²) in [6.07, 6.45) is 0. The van der Waals surface area contributed by atoms with Gasteiger partial charge in [0.05, 0.1) is 12.2 Å². The average Bonchev–Trinajstić information content (AvgIpc) is 2.05. The first kappa shape index (κ1) is 12.1. The number of hydrogen-bond acceptors (Lipinski definition) is 2. The van der Waals surface area contributed by atoms with Gasteiger partial charge >= 0.3 is 5.97 Å². The minimum Gasteiger partial charge on any atom is -0.478 e. The normalized spacial score (nSPS) is 8.75. The smallest absolute Gasteiger partial charge is 0.335 e. The minimum atomic E-state index is -0.950. The van der Waals surface area contributed by atoms with Crippen LogP contribution in [0, 0.1) is 44.1 Å². The molecule has 1 aromatic carbocycles. The number of hydrogen-bond donors (Lipinski definition) is 2. The summed E-state index contributed by atoms with van der Waals surface area (Å²) in [4.78, 5) is 10.3. The van der Waals surface area contributed by atoms with Crippen molar-refractivity contribution in [3.8, 4) is 0 Å². The Hall–Kier alpha value is 0.0916. The van der Waals surface area contributed by atoms with Crippen LogP contribution in [-0.4, -0.2) is 16.2 Å². The fourth-order valence-electron chi connectivity index (χ4n) is 0.753. The molecule has 61 valence electrons. The Bertz CT molecular complexity index is 256. The van der Waals surface area contributed by atoms with Crippen LogP contribution in [0.5, 0.6) is 0 Å². The molecule has 3 nitrogen and oxygen atoms in total. The van der Waals surface area contributed by atoms with Gasteiger partial charge in [-0.15, -0.1) is 0 Å². The maximum Gasteiger partial charge on any atom is 0.335 e. The molecule has 4 heteroatoms. The molecule has 0 unspecified atom stereocenters. The van der Waals surface area contributed by atoms with Gasteiger partial charge in [-0.3, -0.25) is 0 Å². The van der Waals surface area contributed by atoms with Gasteiger partial charge in [0.2, 0.25) is 0 Å². The number of benzene rings is 1. The van der Waals surface area contributed by atoms with Crippen molar-refractivity contribution in [3.05, 3.63) is 35.4 Å². The molecule has 0 aliphatic heterocycles. The summed E-state index contributed by atoms with van der Waals surface area (Å²) in [5.74, 6) is -0.950. The molecule has 0 saturated heterocycles. The van der Waals surface area contributed by atoms with E-state index in [1.165, 1.54) is 12.1 Å². The van der Waals surface area contributed by atoms with E-state index in [9.17, 15) is 4.79 Å². The van der Waals surface area contributed by atoms with Crippen molar-refractivity contribution < 1.29 is 59.1 Å². The van der Waals surface area contributed by atoms with E-state index in [0.29, 0.717) is 0 Å². The second-order valence-electron chi connectivity index (χ2n) is 2.16. The summed E-state index contributed by atoms with van der Waals surface area (Å²) < 4.78 is 0. The van der Waals surface area contributed by atoms with Crippen LogP contribution in [0.2, 0.25) is 0 Å². The van der Waals surface area contributed by atoms with Crippen molar-refractivity contribution >= 4 is 5.97 Å². The molecule has 12 heavy (non-hydrogen) atoms. The average molecular weight is 379 g/mol. The molecule has 0 aliphatic rings. The summed E-state index contributed by atoms with van der Waals surface area (Å²) >= 11 is 0. The van der Waals surface area contributed by atoms with Crippen LogP contribution in [0.3, 0.4) is 0 Å². The van der Waals surface area contributed by atoms with Gasteiger partial charge in [0.15, 0.2) is 0 Å². The van der Waals surface area contributed by atoms with Gasteiger partial charge in [0, 0.05) is 44.1 Å². The van der Waals surface area contributed by atoms with E-state index in [-0.39, 0.29) is 56.2 Å². The van der Waals surface area contributed by atoms with E-state index in [1.54, 1.807) is 12.1 Å². The first-order chi connectivity index (χ1) is 5.24. The summed E-state index contributed by atoms with van der Waals surface area (Å²) in [6, 6.07) is 6.11. The third-order valence-corrected chi connectivity index (χ3v) is 1.38. The molecule has 0 atom stereocenters. The monoisotopic (exact) mass is 379 g/mol. The molecule has 0 amide bonds. The van der Waals surface area contributed by atoms with Crippen molar-refractivity contribution in [1.82, 2.24) is 0 Å². The van der Waals surface area contributed by atoms with Crippen molar-refractivity contribution in [3.63, 3.8) is 0 Å². The van der Waals surface area contributed by atoms with E-state index in [0.717, 1.165) is 5.56 Å². The van der Waals surface area contributed by atoms with Crippen LogP contribution in [0.25, 0.3) is 0 Å². The van der Waals surface area contributed by atoms with Crippen molar-refractivity contribution in [2.24, 2.45) is 0 Å². The summed E-state index contributed by atoms with van der Waals surface area (Å²) in [6.45, 7) is -0.0557. The minimum absolute atomic E-state index is 0. The zero-order chi connectivity index (χ0) is 8.27. The quantitative estimate of drug-likeness (QED) is 0.802. The Morgan fingerprint density at radius 1 is 1.25 bits per heavy atom. The first-order valence-electron chi connectivity index (χ1n) is 3.17. The van der Waals surface area contributed by atoms with Crippen LogP contribution in [-0.2, 0) is 6.61 Å². The number of carboxylic acids is 1. The number of aromatic carboxylic acids is 1. The number of carboxylic acid groups (broad SMARTS) is 1. The zero-order valence-corrected chi connectivity index (χ0v) is 11.1. The van der Waals surface area contributed by atoms with Gasteiger partial charge in [-0.25, -0.2) is 4.79 Å². The van der Waals surface area contributed by atoms with Crippen molar-refractivity contribution in [2.45, 2.75) is 6.61 Å². The predicted octanol–water partition coefficient (Wildman–Crippen LogP) is 0.877. The van der Waals surface area contributed by atoms with Gasteiger partial charge in [-0.05, 0) is 17.7 Å². The van der Waals surface area contributed by atoms with E-state index < -0.39 is 5.97 Å². The predicted molar refractivity (Wildman–Crippen MR) is 39.3 cm³/mol. The van der Waals surface area contributed by atoms with Crippen LogP contribution < -0.4 is 0 Å². The molecule has 0 aromatic heterocycles. The fraction of sp³-hybridized carbons (Fsp3) is 0.125. The molecular formula is C8H8AcO3. The number of aliphatic hydroxyl groups excluding tert-OH is 1. The molecule has 0 saturated carbocycles. The maximum absolute atomic E-state index is 10.3. The van der Waals surface area contributed by atoms with E-state index in [2.05, 4.69) is 0 Å². The Morgan fingerprint density at radius 2 is 1.75 bits per heavy atom. The Morgan fingerprint density at radius 3 is 2.08 bits per heavy atom. The SMILES string of the molecule is O=C(O)c1ccc(CO)cc1.[Ac]. The van der Waals surface area contributed by atoms with Crippen LogP contribution >= 0.6 is 0 Å². The van der Waals surface area contributed by atoms with Crippen molar-refractivity contribution in [1.29, 1.82) is 0 Å². The van der Waals surface area contributed by atoms with Gasteiger partial charge in [-0.1, -0.05) is 12.1 Å². The molecule has 0 fully saturated rings. The second-order valence-corrected chi connectivity index (χ2v) is 2.16. The molecule has 1 aromatic rings. The van der Waals surface area contributed by atoms with Gasteiger partial charge < -0.3 is 10.2 Å². The van der Waals surface area contributed by atoms with Gasteiger partial charge in [0.25, 0.3) is 0 Å². The summed E-state index contributed by atoms with van der Waals surface area (Å²) in [5.41, 5.74) is 0.956. The van der Waals surface area contributed by atoms with Crippen LogP contribution in [0.15, 0.2) is 24.3 Å². The third-order valence-electron chi connectivity index (χ3n) is 1.38. The number of carbonyl (C=O) groups is 1. The second kappa shape index (κ2) is 5.69. The van der Waals surface area contributed by atoms with Crippen LogP contribution in [0.1, 0.15) is 15.9 Å². The van der Waals surface area contributed by atoms with Crippen molar-refractivity contribution in [2.75, 3.05) is 0 Å². The Labute approximate surface area is 106 Å². The van der Waals surface area contributed by atoms with E-state index in [1.807, 2.05) is 0 Å². The topological polar surface area (TPSA) is 57.5 Å². The molecular weight excluding hydrogens is 371 g/mol. The molecule has 0 spiro atoms. The molecule has 2 N–H and O–H groups in total. The Balaban J connectivity index is 0.00000121. The molecule has 0 bridgehead atoms. The third kappa shape index (κ3) is 3.22. The standard InChI is InChI=1S/C8H8O3.Ac/c9-5-6-1-3-7(4-2-6)8(10)11;/h1-4,9H,5H2,(H,10,11);. The first-order valence-corrected chi connectivity index (χ1v) is 3.17. The number of aliphatic hydroxyl groups is 1. The summed E-state index contributed by atoms with van der Waals surface area (Å²) in [7, 11) is 0. The Kier molecular flexibility index (Phi) is 5.73. The van der Waals surface area contributed by atoms with Gasteiger partial charge in [-0.2, -0.15) is 0 Å². The fourth-order valence-corrected chi connectivity index (χ4v) is 0.753. The van der Waals surface area contributed by atoms with Gasteiger partial charge in [0.1, 0.15) is 0 Å². The van der Waals surface area contributed by atoms with E-state index >= 15 is 0 Å². The molecule has 1 rings (SSSR count).